The Balaban J connectivity index is 0.000000745. The molecule has 3 aromatic rings. The van der Waals surface area contributed by atoms with Crippen LogP contribution in [0, 0.1) is 0 Å². The van der Waals surface area contributed by atoms with Crippen LogP contribution in [0.5, 0.6) is 17.5 Å². The molecule has 0 amide bonds. The highest BCUT2D eigenvalue weighted by Crippen LogP contribution is 2.22. The van der Waals surface area contributed by atoms with Gasteiger partial charge < -0.3 is 24.1 Å². The maximum atomic E-state index is 10.5. The predicted molar refractivity (Wildman–Crippen MR) is 146 cm³/mol. The molecular weight excluding hydrogens is 543 g/mol. The van der Waals surface area contributed by atoms with Crippen molar-refractivity contribution in [3.63, 3.8) is 0 Å². The quantitative estimate of drug-likeness (QED) is 0.174. The maximum absolute atomic E-state index is 10.5. The summed E-state index contributed by atoms with van der Waals surface area (Å²) < 4.78 is 48.2. The van der Waals surface area contributed by atoms with Gasteiger partial charge in [-0.1, -0.05) is 36.4 Å². The monoisotopic (exact) mass is 573 g/mol. The minimum Gasteiger partial charge on any atom is -0.542 e. The third kappa shape index (κ3) is 11.7. The first kappa shape index (κ1) is 32.1. The van der Waals surface area contributed by atoms with Crippen LogP contribution in [0.3, 0.4) is 0 Å². The summed E-state index contributed by atoms with van der Waals surface area (Å²) in [5, 5.41) is 8.78. The molecular formula is C28H30F3N5O5. The van der Waals surface area contributed by atoms with Gasteiger partial charge in [0, 0.05) is 17.5 Å². The van der Waals surface area contributed by atoms with Crippen molar-refractivity contribution in [3.8, 4) is 17.5 Å². The average Bonchev–Trinajstić information content (AvgIpc) is 2.94. The van der Waals surface area contributed by atoms with Crippen LogP contribution >= 0.6 is 0 Å². The molecule has 0 saturated carbocycles. The maximum Gasteiger partial charge on any atom is 0.430 e. The first-order valence-corrected chi connectivity index (χ1v) is 12.1. The van der Waals surface area contributed by atoms with Crippen molar-refractivity contribution in [1.82, 2.24) is 9.97 Å². The van der Waals surface area contributed by atoms with Crippen LogP contribution in [-0.2, 0) is 4.79 Å². The number of para-hydroxylation sites is 2. The number of aromatic nitrogens is 2. The van der Waals surface area contributed by atoms with Crippen molar-refractivity contribution in [2.45, 2.75) is 12.6 Å². The number of nitrogens with two attached hydrogens (primary N) is 2. The van der Waals surface area contributed by atoms with Gasteiger partial charge in [-0.2, -0.15) is 23.1 Å². The zero-order valence-electron chi connectivity index (χ0n) is 22.4. The fraction of sp³-hybridized carbons (Fsp3) is 0.214. The van der Waals surface area contributed by atoms with Gasteiger partial charge in [0.15, 0.2) is 0 Å². The molecule has 1 heterocycles. The highest BCUT2D eigenvalue weighted by molar-refractivity contribution is 5.75. The highest BCUT2D eigenvalue weighted by atomic mass is 19.4. The average molecular weight is 574 g/mol. The van der Waals surface area contributed by atoms with Gasteiger partial charge in [0.1, 0.15) is 17.5 Å². The third-order valence-corrected chi connectivity index (χ3v) is 5.00. The summed E-state index contributed by atoms with van der Waals surface area (Å²) in [6.07, 6.45) is 3.19. The molecule has 0 atom stereocenters. The molecule has 13 heteroatoms. The van der Waals surface area contributed by atoms with Gasteiger partial charge in [-0.3, -0.25) is 16.5 Å². The van der Waals surface area contributed by atoms with Gasteiger partial charge in [-0.05, 0) is 42.5 Å². The number of aliphatic carboxylic acids is 1. The second-order valence-electron chi connectivity index (χ2n) is 8.02. The molecule has 41 heavy (non-hydrogen) atoms. The summed E-state index contributed by atoms with van der Waals surface area (Å²) >= 11 is 0. The molecule has 0 aliphatic carbocycles. The zero-order valence-corrected chi connectivity index (χ0v) is 22.4. The summed E-state index contributed by atoms with van der Waals surface area (Å²) in [5.74, 6) is -1.26. The molecule has 218 valence electrons. The number of benzene rings is 2. The van der Waals surface area contributed by atoms with Gasteiger partial charge in [-0.25, -0.2) is 0 Å². The Morgan fingerprint density at radius 1 is 0.902 bits per heavy atom. The number of ether oxygens (including phenoxy) is 3. The molecule has 0 fully saturated rings. The number of nitrogens with zero attached hydrogens (tertiary/aromatic N) is 2. The van der Waals surface area contributed by atoms with Crippen LogP contribution in [0.25, 0.3) is 24.3 Å². The Kier molecular flexibility index (Phi) is 12.6. The van der Waals surface area contributed by atoms with E-state index in [1.165, 1.54) is 0 Å². The zero-order chi connectivity index (χ0) is 30.3. The van der Waals surface area contributed by atoms with Crippen LogP contribution in [0.15, 0.2) is 54.6 Å². The summed E-state index contributed by atoms with van der Waals surface area (Å²) in [4.78, 5) is 20.7. The Bertz CT molecular complexity index is 1300. The molecule has 0 spiro atoms. The molecule has 10 nitrogen and oxygen atoms in total. The van der Waals surface area contributed by atoms with Crippen LogP contribution in [-0.4, -0.2) is 55.4 Å². The lowest BCUT2D eigenvalue weighted by atomic mass is 10.1. The van der Waals surface area contributed by atoms with Gasteiger partial charge in [0.2, 0.25) is 0 Å². The number of carbonyl (C=O) groups is 1. The van der Waals surface area contributed by atoms with E-state index in [1.807, 2.05) is 78.9 Å². The lowest BCUT2D eigenvalue weighted by Gasteiger charge is -2.07. The lowest BCUT2D eigenvalue weighted by Crippen LogP contribution is -2.78. The van der Waals surface area contributed by atoms with Crippen molar-refractivity contribution >= 4 is 36.2 Å². The van der Waals surface area contributed by atoms with E-state index in [0.717, 1.165) is 22.6 Å². The van der Waals surface area contributed by atoms with E-state index < -0.39 is 12.1 Å². The fourth-order valence-electron chi connectivity index (χ4n) is 3.12. The van der Waals surface area contributed by atoms with E-state index in [9.17, 15) is 13.2 Å². The molecule has 5 N–H and O–H groups in total. The molecule has 0 radical (unpaired) electrons. The number of hydrogen-bond acceptors (Lipinski definition) is 7. The SMILES string of the molecule is COc1ccccc1C=Cc1cc(C=Cc2ccccc2OC)nc(OCCC[NH+]=C(N)N)n1.O=C([O-])C(F)(F)F. The highest BCUT2D eigenvalue weighted by Gasteiger charge is 2.28. The molecule has 0 aliphatic rings. The first-order chi connectivity index (χ1) is 19.5. The Hall–Kier alpha value is -5.07. The molecule has 2 aromatic carbocycles. The van der Waals surface area contributed by atoms with E-state index in [4.69, 9.17) is 35.6 Å². The number of alkyl halides is 3. The number of hydrogen-bond donors (Lipinski definition) is 3. The van der Waals surface area contributed by atoms with Crippen LogP contribution in [0.1, 0.15) is 28.9 Å². The van der Waals surface area contributed by atoms with Crippen molar-refractivity contribution < 1.29 is 42.3 Å². The smallest absolute Gasteiger partial charge is 0.430 e. The summed E-state index contributed by atoms with van der Waals surface area (Å²) in [6, 6.07) is 17.7. The summed E-state index contributed by atoms with van der Waals surface area (Å²) in [6.45, 7) is 1.01. The van der Waals surface area contributed by atoms with Crippen LogP contribution in [0.4, 0.5) is 13.2 Å². The Morgan fingerprint density at radius 3 is 1.78 bits per heavy atom. The number of guanidine groups is 1. The number of carboxylic acids is 1. The summed E-state index contributed by atoms with van der Waals surface area (Å²) in [7, 11) is 3.30. The molecule has 0 aliphatic heterocycles. The van der Waals surface area contributed by atoms with E-state index in [-0.39, 0.29) is 12.0 Å². The molecule has 0 saturated heterocycles. The number of carbonyl (C=O) groups excluding carboxylic acids is 1. The fourth-order valence-corrected chi connectivity index (χ4v) is 3.12. The molecule has 3 rings (SSSR count). The van der Waals surface area contributed by atoms with Crippen molar-refractivity contribution in [1.29, 1.82) is 0 Å². The van der Waals surface area contributed by atoms with Gasteiger partial charge in [-0.15, -0.1) is 0 Å². The standard InChI is InChI=1S/C26H29N5O3.C2HF3O2/c1-32-23-10-5-3-8-19(23)12-14-21-18-22(15-13-20-9-4-6-11-24(20)33-2)31-26(30-21)34-17-7-16-29-25(27)28;3-2(4,5)1(6)7/h3-6,8-15,18H,7,16-17H2,1-2H3,(H4,27,28,29);(H,6,7). The summed E-state index contributed by atoms with van der Waals surface area (Å²) in [5.41, 5.74) is 14.1. The van der Waals surface area contributed by atoms with Gasteiger partial charge in [0.05, 0.1) is 38.8 Å². The third-order valence-electron chi connectivity index (χ3n) is 5.00. The number of halogens is 3. The van der Waals surface area contributed by atoms with Gasteiger partial charge >= 0.3 is 18.1 Å². The first-order valence-electron chi connectivity index (χ1n) is 12.1. The second-order valence-corrected chi connectivity index (χ2v) is 8.02. The molecule has 0 unspecified atom stereocenters. The topological polar surface area (TPSA) is 160 Å². The van der Waals surface area contributed by atoms with E-state index in [2.05, 4.69) is 15.0 Å². The van der Waals surface area contributed by atoms with Crippen LogP contribution in [0.2, 0.25) is 0 Å². The second kappa shape index (κ2) is 16.1. The number of carboxylic acid groups (broad SMARTS) is 1. The van der Waals surface area contributed by atoms with E-state index >= 15 is 0 Å². The minimum absolute atomic E-state index is 0.184. The minimum atomic E-state index is -5.19. The van der Waals surface area contributed by atoms with E-state index in [0.29, 0.717) is 31.0 Å². The Labute approximate surface area is 234 Å². The van der Waals surface area contributed by atoms with E-state index in [1.54, 1.807) is 14.2 Å². The van der Waals surface area contributed by atoms with Crippen molar-refractivity contribution in [2.75, 3.05) is 27.4 Å². The Morgan fingerprint density at radius 2 is 1.37 bits per heavy atom. The number of methoxy groups -OCH3 is 2. The number of rotatable bonds is 11. The predicted octanol–water partition coefficient (Wildman–Crippen LogP) is 1.26. The molecule has 0 bridgehead atoms. The number of nitrogens with one attached hydrogen (secondary N) is 1. The van der Waals surface area contributed by atoms with Crippen molar-refractivity contribution in [2.24, 2.45) is 11.5 Å². The molecule has 1 aromatic heterocycles. The largest absolute Gasteiger partial charge is 0.542 e. The van der Waals surface area contributed by atoms with Gasteiger partial charge in [0.25, 0.3) is 0 Å². The van der Waals surface area contributed by atoms with Crippen LogP contribution < -0.4 is 35.8 Å². The normalized spacial score (nSPS) is 11.0. The van der Waals surface area contributed by atoms with Crippen molar-refractivity contribution in [3.05, 3.63) is 77.1 Å². The lowest BCUT2D eigenvalue weighted by molar-refractivity contribution is -0.460.